The molecule has 0 aromatic heterocycles. The van der Waals surface area contributed by atoms with Crippen molar-refractivity contribution < 1.29 is 4.79 Å². The second kappa shape index (κ2) is 4.91. The Kier molecular flexibility index (Phi) is 4.11. The van der Waals surface area contributed by atoms with Gasteiger partial charge in [-0.2, -0.15) is 0 Å². The molecule has 0 aliphatic rings. The van der Waals surface area contributed by atoms with Gasteiger partial charge in [-0.3, -0.25) is 4.79 Å². The summed E-state index contributed by atoms with van der Waals surface area (Å²) in [6.07, 6.45) is 0.906. The fraction of sp³-hybridized carbons (Fsp3) is 0.417. The highest BCUT2D eigenvalue weighted by Crippen LogP contribution is 2.20. The lowest BCUT2D eigenvalue weighted by Gasteiger charge is -2.10. The first-order valence-corrected chi connectivity index (χ1v) is 5.95. The van der Waals surface area contributed by atoms with Crippen molar-refractivity contribution in [2.45, 2.75) is 27.2 Å². The van der Waals surface area contributed by atoms with Crippen LogP contribution in [0.2, 0.25) is 0 Å². The van der Waals surface area contributed by atoms with E-state index in [4.69, 9.17) is 0 Å². The van der Waals surface area contributed by atoms with Gasteiger partial charge in [0, 0.05) is 15.1 Å². The molecule has 1 aromatic carbocycles. The molecule has 2 heteroatoms. The van der Waals surface area contributed by atoms with Crippen LogP contribution in [0.5, 0.6) is 0 Å². The predicted octanol–water partition coefficient (Wildman–Crippen LogP) is 3.83. The maximum atomic E-state index is 11.9. The Labute approximate surface area is 99.0 Å². The summed E-state index contributed by atoms with van der Waals surface area (Å²) in [7, 11) is 0. The topological polar surface area (TPSA) is 17.1 Å². The van der Waals surface area contributed by atoms with Crippen LogP contribution in [0.3, 0.4) is 0 Å². The van der Waals surface area contributed by atoms with Gasteiger partial charge in [0.15, 0.2) is 5.78 Å². The summed E-state index contributed by atoms with van der Waals surface area (Å²) < 4.78 is 1.09. The number of carbonyl (C=O) groups is 1. The van der Waals surface area contributed by atoms with Gasteiger partial charge in [0.25, 0.3) is 0 Å². The third-order valence-electron chi connectivity index (χ3n) is 2.52. The lowest BCUT2D eigenvalue weighted by molar-refractivity contribution is 0.0926. The number of rotatable bonds is 3. The number of halogens is 1. The monoisotopic (exact) mass is 302 g/mol. The van der Waals surface area contributed by atoms with Crippen molar-refractivity contribution in [3.8, 4) is 0 Å². The maximum Gasteiger partial charge on any atom is 0.166 e. The van der Waals surface area contributed by atoms with Crippen LogP contribution >= 0.6 is 22.6 Å². The molecule has 0 saturated carbocycles. The molecule has 0 amide bonds. The zero-order chi connectivity index (χ0) is 10.7. The van der Waals surface area contributed by atoms with Crippen LogP contribution < -0.4 is 0 Å². The van der Waals surface area contributed by atoms with Crippen molar-refractivity contribution in [2.24, 2.45) is 5.92 Å². The van der Waals surface area contributed by atoms with Crippen molar-refractivity contribution in [1.29, 1.82) is 0 Å². The van der Waals surface area contributed by atoms with Gasteiger partial charge >= 0.3 is 0 Å². The quantitative estimate of drug-likeness (QED) is 0.612. The predicted molar refractivity (Wildman–Crippen MR) is 67.7 cm³/mol. The van der Waals surface area contributed by atoms with Crippen LogP contribution in [0.1, 0.15) is 36.2 Å². The number of Topliss-reactive ketones (excluding diaryl/α,β-unsaturated/α-hetero) is 1. The normalized spacial score (nSPS) is 12.6. The van der Waals surface area contributed by atoms with Gasteiger partial charge in [0.05, 0.1) is 0 Å². The van der Waals surface area contributed by atoms with Gasteiger partial charge in [-0.05, 0) is 41.5 Å². The summed E-state index contributed by atoms with van der Waals surface area (Å²) in [5.41, 5.74) is 2.06. The molecular weight excluding hydrogens is 287 g/mol. The molecule has 14 heavy (non-hydrogen) atoms. The number of ketones is 1. The highest BCUT2D eigenvalue weighted by Gasteiger charge is 2.16. The number of hydrogen-bond donors (Lipinski definition) is 0. The van der Waals surface area contributed by atoms with Crippen molar-refractivity contribution in [1.82, 2.24) is 0 Å². The number of aryl methyl sites for hydroxylation is 1. The molecule has 1 unspecified atom stereocenters. The van der Waals surface area contributed by atoms with Gasteiger partial charge < -0.3 is 0 Å². The van der Waals surface area contributed by atoms with E-state index in [0.29, 0.717) is 0 Å². The van der Waals surface area contributed by atoms with Crippen molar-refractivity contribution in [2.75, 3.05) is 0 Å². The summed E-state index contributed by atoms with van der Waals surface area (Å²) >= 11 is 2.25. The molecule has 0 heterocycles. The minimum atomic E-state index is 0.130. The average molecular weight is 302 g/mol. The Bertz CT molecular complexity index is 344. The fourth-order valence-corrected chi connectivity index (χ4v) is 1.91. The van der Waals surface area contributed by atoms with Crippen molar-refractivity contribution in [3.63, 3.8) is 0 Å². The molecule has 0 aliphatic heterocycles. The van der Waals surface area contributed by atoms with Crippen molar-refractivity contribution >= 4 is 28.4 Å². The molecule has 1 nitrogen and oxygen atoms in total. The SMILES string of the molecule is CCC(C)C(=O)c1cccc(C)c1I. The Morgan fingerprint density at radius 2 is 2.14 bits per heavy atom. The fourth-order valence-electron chi connectivity index (χ4n) is 1.29. The Morgan fingerprint density at radius 1 is 1.50 bits per heavy atom. The maximum absolute atomic E-state index is 11.9. The van der Waals surface area contributed by atoms with Gasteiger partial charge in [-0.25, -0.2) is 0 Å². The molecule has 0 aliphatic carbocycles. The van der Waals surface area contributed by atoms with E-state index in [2.05, 4.69) is 22.6 Å². The Hall–Kier alpha value is -0.380. The van der Waals surface area contributed by atoms with Gasteiger partial charge in [-0.1, -0.05) is 32.0 Å². The Morgan fingerprint density at radius 3 is 2.71 bits per heavy atom. The summed E-state index contributed by atoms with van der Waals surface area (Å²) in [6, 6.07) is 5.91. The van der Waals surface area contributed by atoms with Gasteiger partial charge in [-0.15, -0.1) is 0 Å². The first-order chi connectivity index (χ1) is 6.57. The van der Waals surface area contributed by atoms with Crippen LogP contribution in [0.15, 0.2) is 18.2 Å². The van der Waals surface area contributed by atoms with E-state index >= 15 is 0 Å². The summed E-state index contributed by atoms with van der Waals surface area (Å²) in [5.74, 6) is 0.394. The number of benzene rings is 1. The van der Waals surface area contributed by atoms with Crippen LogP contribution in [0.4, 0.5) is 0 Å². The highest BCUT2D eigenvalue weighted by molar-refractivity contribution is 14.1. The molecule has 0 saturated heterocycles. The van der Waals surface area contributed by atoms with E-state index in [1.54, 1.807) is 0 Å². The van der Waals surface area contributed by atoms with Crippen LogP contribution in [-0.2, 0) is 0 Å². The summed E-state index contributed by atoms with van der Waals surface area (Å²) in [4.78, 5) is 11.9. The first-order valence-electron chi connectivity index (χ1n) is 4.87. The molecule has 1 rings (SSSR count). The van der Waals surface area contributed by atoms with Gasteiger partial charge in [0.2, 0.25) is 0 Å². The summed E-state index contributed by atoms with van der Waals surface area (Å²) in [5, 5.41) is 0. The lowest BCUT2D eigenvalue weighted by Crippen LogP contribution is -2.12. The van der Waals surface area contributed by atoms with E-state index < -0.39 is 0 Å². The molecule has 0 fully saturated rings. The minimum absolute atomic E-state index is 0.130. The minimum Gasteiger partial charge on any atom is -0.294 e. The second-order valence-corrected chi connectivity index (χ2v) is 4.69. The molecule has 1 atom stereocenters. The molecule has 0 spiro atoms. The number of carbonyl (C=O) groups excluding carboxylic acids is 1. The van der Waals surface area contributed by atoms with E-state index in [9.17, 15) is 4.79 Å². The smallest absolute Gasteiger partial charge is 0.166 e. The lowest BCUT2D eigenvalue weighted by atomic mass is 9.96. The standard InChI is InChI=1S/C12H15IO/c1-4-8(2)12(14)10-7-5-6-9(3)11(10)13/h5-8H,4H2,1-3H3. The van der Waals surface area contributed by atoms with Crippen molar-refractivity contribution in [3.05, 3.63) is 32.9 Å². The van der Waals surface area contributed by atoms with Crippen LogP contribution in [0, 0.1) is 16.4 Å². The van der Waals surface area contributed by atoms with E-state index in [0.717, 1.165) is 15.6 Å². The third kappa shape index (κ3) is 2.35. The van der Waals surface area contributed by atoms with Gasteiger partial charge in [0.1, 0.15) is 0 Å². The van der Waals surface area contributed by atoms with E-state index in [1.807, 2.05) is 39.0 Å². The third-order valence-corrected chi connectivity index (χ3v) is 3.95. The molecule has 1 aromatic rings. The Balaban J connectivity index is 3.07. The van der Waals surface area contributed by atoms with Crippen LogP contribution in [-0.4, -0.2) is 5.78 Å². The highest BCUT2D eigenvalue weighted by atomic mass is 127. The molecule has 0 N–H and O–H groups in total. The molecule has 0 bridgehead atoms. The second-order valence-electron chi connectivity index (χ2n) is 3.61. The zero-order valence-corrected chi connectivity index (χ0v) is 11.0. The molecule has 76 valence electrons. The van der Waals surface area contributed by atoms with Crippen LogP contribution in [0.25, 0.3) is 0 Å². The largest absolute Gasteiger partial charge is 0.294 e. The molecule has 0 radical (unpaired) electrons. The number of hydrogen-bond acceptors (Lipinski definition) is 1. The van der Waals surface area contributed by atoms with E-state index in [-0.39, 0.29) is 11.7 Å². The average Bonchev–Trinajstić information content (AvgIpc) is 2.20. The molecular formula is C12H15IO. The zero-order valence-electron chi connectivity index (χ0n) is 8.80. The summed E-state index contributed by atoms with van der Waals surface area (Å²) in [6.45, 7) is 6.07. The first kappa shape index (κ1) is 11.7. The van der Waals surface area contributed by atoms with E-state index in [1.165, 1.54) is 5.56 Å².